The highest BCUT2D eigenvalue weighted by atomic mass is 16.5. The minimum Gasteiger partial charge on any atom is -0.494 e. The number of nitrogens with zero attached hydrogens (tertiary/aromatic N) is 3. The normalized spacial score (nSPS) is 14.6. The monoisotopic (exact) mass is 448 g/mol. The number of imidazole rings is 1. The zero-order chi connectivity index (χ0) is 23.1. The number of piperidine rings is 1. The molecule has 0 amide bonds. The van der Waals surface area contributed by atoms with Gasteiger partial charge in [0.05, 0.1) is 29.4 Å². The van der Waals surface area contributed by atoms with E-state index in [4.69, 9.17) is 4.74 Å². The smallest absolute Gasteiger partial charge is 0.337 e. The van der Waals surface area contributed by atoms with E-state index in [1.54, 1.807) is 24.3 Å². The summed E-state index contributed by atoms with van der Waals surface area (Å²) in [5.41, 5.74) is 3.02. The van der Waals surface area contributed by atoms with Crippen LogP contribution in [-0.4, -0.2) is 50.5 Å². The van der Waals surface area contributed by atoms with Gasteiger partial charge in [-0.2, -0.15) is 0 Å². The SMILES string of the molecule is COC(=O)c1ccc(-n2c(O)cc(N3CCC(n4c(=O)[nH]c5ccccc54)CC3)c2O)cc1. The van der Waals surface area contributed by atoms with Gasteiger partial charge in [0, 0.05) is 25.2 Å². The largest absolute Gasteiger partial charge is 0.494 e. The van der Waals surface area contributed by atoms with Crippen molar-refractivity contribution in [1.82, 2.24) is 14.1 Å². The molecular weight excluding hydrogens is 424 g/mol. The Bertz CT molecular complexity index is 1370. The number of nitrogens with one attached hydrogen (secondary N) is 1. The molecule has 0 bridgehead atoms. The van der Waals surface area contributed by atoms with E-state index in [-0.39, 0.29) is 23.5 Å². The number of aromatic nitrogens is 3. The maximum Gasteiger partial charge on any atom is 0.337 e. The number of esters is 1. The van der Waals surface area contributed by atoms with Crippen molar-refractivity contribution in [3.8, 4) is 17.4 Å². The van der Waals surface area contributed by atoms with E-state index in [1.165, 1.54) is 17.7 Å². The molecule has 5 rings (SSSR count). The number of anilines is 1. The highest BCUT2D eigenvalue weighted by Crippen LogP contribution is 2.40. The maximum absolute atomic E-state index is 12.5. The number of hydrogen-bond acceptors (Lipinski definition) is 6. The van der Waals surface area contributed by atoms with Crippen LogP contribution in [0.4, 0.5) is 5.69 Å². The fourth-order valence-corrected chi connectivity index (χ4v) is 4.63. The molecule has 4 aromatic rings. The number of para-hydroxylation sites is 2. The summed E-state index contributed by atoms with van der Waals surface area (Å²) in [4.78, 5) is 29.1. The summed E-state index contributed by atoms with van der Waals surface area (Å²) in [6.45, 7) is 1.24. The Morgan fingerprint density at radius 3 is 2.45 bits per heavy atom. The quantitative estimate of drug-likeness (QED) is 0.414. The van der Waals surface area contributed by atoms with Gasteiger partial charge in [-0.15, -0.1) is 0 Å². The minimum atomic E-state index is -0.458. The fraction of sp³-hybridized carbons (Fsp3) is 0.250. The lowest BCUT2D eigenvalue weighted by Crippen LogP contribution is -2.36. The number of carbonyl (C=O) groups is 1. The summed E-state index contributed by atoms with van der Waals surface area (Å²) >= 11 is 0. The number of hydrogen-bond donors (Lipinski definition) is 3. The van der Waals surface area contributed by atoms with Crippen LogP contribution in [0.2, 0.25) is 0 Å². The van der Waals surface area contributed by atoms with Crippen molar-refractivity contribution in [1.29, 1.82) is 0 Å². The second-order valence-electron chi connectivity index (χ2n) is 8.12. The average Bonchev–Trinajstić information content (AvgIpc) is 3.33. The van der Waals surface area contributed by atoms with Crippen LogP contribution in [0.15, 0.2) is 59.4 Å². The maximum atomic E-state index is 12.5. The van der Waals surface area contributed by atoms with E-state index in [1.807, 2.05) is 33.7 Å². The molecule has 33 heavy (non-hydrogen) atoms. The second-order valence-corrected chi connectivity index (χ2v) is 8.12. The zero-order valence-corrected chi connectivity index (χ0v) is 18.1. The molecule has 0 atom stereocenters. The Morgan fingerprint density at radius 1 is 1.06 bits per heavy atom. The number of ether oxygens (including phenoxy) is 1. The molecule has 1 saturated heterocycles. The molecule has 9 nitrogen and oxygen atoms in total. The molecule has 2 aromatic heterocycles. The number of aromatic hydroxyl groups is 2. The Hall–Kier alpha value is -4.14. The van der Waals surface area contributed by atoms with Gasteiger partial charge >= 0.3 is 11.7 Å². The van der Waals surface area contributed by atoms with Gasteiger partial charge < -0.3 is 24.8 Å². The van der Waals surface area contributed by atoms with E-state index in [9.17, 15) is 19.8 Å². The third-order valence-electron chi connectivity index (χ3n) is 6.28. The van der Waals surface area contributed by atoms with Crippen LogP contribution in [0.1, 0.15) is 29.2 Å². The van der Waals surface area contributed by atoms with Crippen molar-refractivity contribution < 1.29 is 19.7 Å². The lowest BCUT2D eigenvalue weighted by atomic mass is 10.0. The molecule has 3 N–H and O–H groups in total. The van der Waals surface area contributed by atoms with Gasteiger partial charge in [0.25, 0.3) is 0 Å². The van der Waals surface area contributed by atoms with Crippen LogP contribution in [0.5, 0.6) is 11.8 Å². The number of aromatic amines is 1. The average molecular weight is 448 g/mol. The van der Waals surface area contributed by atoms with E-state index in [2.05, 4.69) is 4.98 Å². The van der Waals surface area contributed by atoms with Crippen molar-refractivity contribution in [3.05, 3.63) is 70.6 Å². The summed E-state index contributed by atoms with van der Waals surface area (Å²) in [7, 11) is 1.31. The lowest BCUT2D eigenvalue weighted by molar-refractivity contribution is 0.0600. The Morgan fingerprint density at radius 2 is 1.76 bits per heavy atom. The third-order valence-corrected chi connectivity index (χ3v) is 6.28. The topological polar surface area (TPSA) is 113 Å². The second kappa shape index (κ2) is 8.09. The molecule has 1 fully saturated rings. The summed E-state index contributed by atoms with van der Waals surface area (Å²) in [5, 5.41) is 21.4. The van der Waals surface area contributed by atoms with Gasteiger partial charge in [-0.25, -0.2) is 14.2 Å². The van der Waals surface area contributed by atoms with Crippen molar-refractivity contribution >= 4 is 22.7 Å². The first-order valence-corrected chi connectivity index (χ1v) is 10.7. The number of benzene rings is 2. The molecule has 3 heterocycles. The van der Waals surface area contributed by atoms with Gasteiger partial charge in [0.2, 0.25) is 11.8 Å². The Balaban J connectivity index is 1.37. The highest BCUT2D eigenvalue weighted by molar-refractivity contribution is 5.89. The van der Waals surface area contributed by atoms with E-state index >= 15 is 0 Å². The molecule has 0 unspecified atom stereocenters. The molecule has 2 aromatic carbocycles. The summed E-state index contributed by atoms with van der Waals surface area (Å²) < 4.78 is 7.85. The van der Waals surface area contributed by atoms with Crippen molar-refractivity contribution in [3.63, 3.8) is 0 Å². The number of carbonyl (C=O) groups excluding carboxylic acids is 1. The van der Waals surface area contributed by atoms with Gasteiger partial charge in [0.15, 0.2) is 0 Å². The highest BCUT2D eigenvalue weighted by Gasteiger charge is 2.27. The standard InChI is InChI=1S/C24H24N4O5/c1-33-23(31)15-6-8-16(9-7-15)28-21(29)14-20(22(28)30)26-12-10-17(11-13-26)27-19-5-3-2-4-18(19)25-24(27)32/h2-9,14,17,29-30H,10-13H2,1H3,(H,25,32). The Kier molecular flexibility index (Phi) is 5.08. The number of methoxy groups -OCH3 is 1. The van der Waals surface area contributed by atoms with Crippen LogP contribution in [0.25, 0.3) is 16.7 Å². The first kappa shape index (κ1) is 20.7. The van der Waals surface area contributed by atoms with E-state index in [0.29, 0.717) is 30.0 Å². The van der Waals surface area contributed by atoms with Crippen LogP contribution in [0, 0.1) is 0 Å². The molecule has 0 radical (unpaired) electrons. The number of H-pyrrole nitrogens is 1. The summed E-state index contributed by atoms with van der Waals surface area (Å²) in [6.07, 6.45) is 1.45. The summed E-state index contributed by atoms with van der Waals surface area (Å²) in [6, 6.07) is 15.6. The van der Waals surface area contributed by atoms with Gasteiger partial charge in [-0.05, 0) is 49.2 Å². The summed E-state index contributed by atoms with van der Waals surface area (Å²) in [5.74, 6) is -0.648. The van der Waals surface area contributed by atoms with Crippen molar-refractivity contribution in [2.45, 2.75) is 18.9 Å². The molecule has 0 saturated carbocycles. The number of rotatable bonds is 4. The fourth-order valence-electron chi connectivity index (χ4n) is 4.63. The van der Waals surface area contributed by atoms with Gasteiger partial charge in [-0.1, -0.05) is 12.1 Å². The van der Waals surface area contributed by atoms with Crippen molar-refractivity contribution in [2.24, 2.45) is 0 Å². The predicted molar refractivity (Wildman–Crippen MR) is 123 cm³/mol. The molecule has 0 spiro atoms. The van der Waals surface area contributed by atoms with Crippen LogP contribution >= 0.6 is 0 Å². The van der Waals surface area contributed by atoms with Gasteiger partial charge in [0.1, 0.15) is 5.69 Å². The van der Waals surface area contributed by atoms with E-state index in [0.717, 1.165) is 23.9 Å². The molecule has 170 valence electrons. The van der Waals surface area contributed by atoms with Gasteiger partial charge in [-0.3, -0.25) is 4.57 Å². The third kappa shape index (κ3) is 3.51. The zero-order valence-electron chi connectivity index (χ0n) is 18.1. The predicted octanol–water partition coefficient (Wildman–Crippen LogP) is 3.16. The van der Waals surface area contributed by atoms with Crippen LogP contribution < -0.4 is 10.6 Å². The minimum absolute atomic E-state index is 0.0496. The molecular formula is C24H24N4O5. The van der Waals surface area contributed by atoms with E-state index < -0.39 is 5.97 Å². The molecule has 0 aliphatic carbocycles. The first-order chi connectivity index (χ1) is 16.0. The molecule has 1 aliphatic heterocycles. The Labute approximate surface area is 189 Å². The van der Waals surface area contributed by atoms with Crippen molar-refractivity contribution in [2.75, 3.05) is 25.1 Å². The van der Waals surface area contributed by atoms with Crippen LogP contribution in [0.3, 0.4) is 0 Å². The number of fused-ring (bicyclic) bond motifs is 1. The molecule has 1 aliphatic rings. The first-order valence-electron chi connectivity index (χ1n) is 10.7. The lowest BCUT2D eigenvalue weighted by Gasteiger charge is -2.33. The van der Waals surface area contributed by atoms with Crippen LogP contribution in [-0.2, 0) is 4.74 Å². The molecule has 9 heteroatoms.